The molecule has 25 heavy (non-hydrogen) atoms. The number of piperidine rings is 1. The number of halogens is 1. The molecular formula is C19H28ClN5. The standard InChI is InChI=1S/C19H27N5.ClH/c1-15(16-5-3-2-4-6-16)14-23-10-7-17(8-11-23)19-22-21-18-13-20-9-12-24(18)19;/h2-6,15,17,20H,7-14H2,1H3;1H. The van der Waals surface area contributed by atoms with Crippen LogP contribution >= 0.6 is 12.4 Å². The van der Waals surface area contributed by atoms with Gasteiger partial charge in [-0.1, -0.05) is 37.3 Å². The third-order valence-electron chi connectivity index (χ3n) is 5.50. The zero-order chi connectivity index (χ0) is 16.4. The number of likely N-dealkylation sites (tertiary alicyclic amines) is 1. The highest BCUT2D eigenvalue weighted by atomic mass is 35.5. The minimum Gasteiger partial charge on any atom is -0.312 e. The molecule has 1 saturated heterocycles. The van der Waals surface area contributed by atoms with Gasteiger partial charge in [0.05, 0.1) is 6.54 Å². The highest BCUT2D eigenvalue weighted by molar-refractivity contribution is 5.85. The SMILES string of the molecule is CC(CN1CCC(c2nnc3n2CCNC3)CC1)c1ccccc1.Cl. The highest BCUT2D eigenvalue weighted by Crippen LogP contribution is 2.29. The molecule has 0 aliphatic carbocycles. The molecule has 0 amide bonds. The lowest BCUT2D eigenvalue weighted by Gasteiger charge is -2.33. The van der Waals surface area contributed by atoms with Crippen LogP contribution in [0.4, 0.5) is 0 Å². The van der Waals surface area contributed by atoms with Crippen LogP contribution in [0.3, 0.4) is 0 Å². The molecule has 4 rings (SSSR count). The largest absolute Gasteiger partial charge is 0.312 e. The number of hydrogen-bond acceptors (Lipinski definition) is 4. The molecule has 1 aromatic heterocycles. The van der Waals surface area contributed by atoms with E-state index >= 15 is 0 Å². The van der Waals surface area contributed by atoms with Crippen molar-refractivity contribution in [2.24, 2.45) is 0 Å². The topological polar surface area (TPSA) is 46.0 Å². The van der Waals surface area contributed by atoms with Gasteiger partial charge in [-0.25, -0.2) is 0 Å². The molecule has 0 radical (unpaired) electrons. The van der Waals surface area contributed by atoms with E-state index in [2.05, 4.69) is 62.2 Å². The maximum Gasteiger partial charge on any atom is 0.147 e. The molecule has 0 saturated carbocycles. The minimum atomic E-state index is 0. The highest BCUT2D eigenvalue weighted by Gasteiger charge is 2.27. The van der Waals surface area contributed by atoms with Crippen molar-refractivity contribution in [2.45, 2.75) is 44.7 Å². The molecule has 1 unspecified atom stereocenters. The van der Waals surface area contributed by atoms with Crippen LogP contribution in [0, 0.1) is 0 Å². The first-order chi connectivity index (χ1) is 11.8. The lowest BCUT2D eigenvalue weighted by molar-refractivity contribution is 0.198. The predicted molar refractivity (Wildman–Crippen MR) is 102 cm³/mol. The van der Waals surface area contributed by atoms with Crippen molar-refractivity contribution in [3.8, 4) is 0 Å². The van der Waals surface area contributed by atoms with Gasteiger partial charge in [0.2, 0.25) is 0 Å². The Kier molecular flexibility index (Phi) is 6.10. The molecule has 6 heteroatoms. The van der Waals surface area contributed by atoms with Gasteiger partial charge in [-0.05, 0) is 37.4 Å². The molecule has 1 fully saturated rings. The Labute approximate surface area is 156 Å². The van der Waals surface area contributed by atoms with E-state index in [4.69, 9.17) is 0 Å². The van der Waals surface area contributed by atoms with Crippen molar-refractivity contribution in [1.82, 2.24) is 25.0 Å². The van der Waals surface area contributed by atoms with Crippen LogP contribution in [-0.2, 0) is 13.1 Å². The average Bonchev–Trinajstić information content (AvgIpc) is 3.07. The summed E-state index contributed by atoms with van der Waals surface area (Å²) in [4.78, 5) is 2.61. The van der Waals surface area contributed by atoms with Crippen molar-refractivity contribution in [3.05, 3.63) is 47.5 Å². The number of fused-ring (bicyclic) bond motifs is 1. The van der Waals surface area contributed by atoms with E-state index in [9.17, 15) is 0 Å². The molecule has 1 aromatic carbocycles. The van der Waals surface area contributed by atoms with Crippen molar-refractivity contribution >= 4 is 12.4 Å². The summed E-state index contributed by atoms with van der Waals surface area (Å²) in [6.07, 6.45) is 2.40. The lowest BCUT2D eigenvalue weighted by atomic mass is 9.94. The van der Waals surface area contributed by atoms with Gasteiger partial charge < -0.3 is 14.8 Å². The minimum absolute atomic E-state index is 0. The molecule has 0 spiro atoms. The maximum absolute atomic E-state index is 4.51. The Morgan fingerprint density at radius 1 is 1.12 bits per heavy atom. The first-order valence-corrected chi connectivity index (χ1v) is 9.21. The van der Waals surface area contributed by atoms with Crippen molar-refractivity contribution in [1.29, 1.82) is 0 Å². The van der Waals surface area contributed by atoms with Gasteiger partial charge in [-0.2, -0.15) is 0 Å². The van der Waals surface area contributed by atoms with Gasteiger partial charge in [0.25, 0.3) is 0 Å². The maximum atomic E-state index is 4.51. The van der Waals surface area contributed by atoms with Gasteiger partial charge in [0, 0.05) is 25.6 Å². The summed E-state index contributed by atoms with van der Waals surface area (Å²) in [5.41, 5.74) is 1.44. The summed E-state index contributed by atoms with van der Waals surface area (Å²) in [7, 11) is 0. The van der Waals surface area contributed by atoms with E-state index in [0.717, 1.165) is 32.0 Å². The Hall–Kier alpha value is -1.43. The fourth-order valence-electron chi connectivity index (χ4n) is 4.06. The summed E-state index contributed by atoms with van der Waals surface area (Å²) in [5, 5.41) is 12.3. The number of nitrogens with one attached hydrogen (secondary N) is 1. The van der Waals surface area contributed by atoms with Crippen LogP contribution in [0.15, 0.2) is 30.3 Å². The van der Waals surface area contributed by atoms with Crippen molar-refractivity contribution < 1.29 is 0 Å². The average molecular weight is 362 g/mol. The zero-order valence-electron chi connectivity index (χ0n) is 14.9. The van der Waals surface area contributed by atoms with Crippen LogP contribution in [0.2, 0.25) is 0 Å². The molecule has 1 N–H and O–H groups in total. The Balaban J connectivity index is 0.00000182. The van der Waals surface area contributed by atoms with E-state index < -0.39 is 0 Å². The van der Waals surface area contributed by atoms with Gasteiger partial charge in [-0.15, -0.1) is 22.6 Å². The lowest BCUT2D eigenvalue weighted by Crippen LogP contribution is -2.37. The first-order valence-electron chi connectivity index (χ1n) is 9.21. The van der Waals surface area contributed by atoms with E-state index in [1.807, 2.05) is 0 Å². The van der Waals surface area contributed by atoms with E-state index in [-0.39, 0.29) is 12.4 Å². The van der Waals surface area contributed by atoms with Gasteiger partial charge in [-0.3, -0.25) is 0 Å². The third-order valence-corrected chi connectivity index (χ3v) is 5.50. The second-order valence-electron chi connectivity index (χ2n) is 7.19. The molecule has 2 aliphatic heterocycles. The fraction of sp³-hybridized carbons (Fsp3) is 0.579. The molecular weight excluding hydrogens is 334 g/mol. The van der Waals surface area contributed by atoms with Crippen LogP contribution < -0.4 is 5.32 Å². The molecule has 0 bridgehead atoms. The zero-order valence-corrected chi connectivity index (χ0v) is 15.7. The van der Waals surface area contributed by atoms with Crippen LogP contribution in [0.1, 0.15) is 48.8 Å². The molecule has 1 atom stereocenters. The predicted octanol–water partition coefficient (Wildman–Crippen LogP) is 2.79. The molecule has 136 valence electrons. The van der Waals surface area contributed by atoms with Crippen LogP contribution in [-0.4, -0.2) is 45.8 Å². The van der Waals surface area contributed by atoms with Gasteiger partial charge >= 0.3 is 0 Å². The van der Waals surface area contributed by atoms with E-state index in [1.165, 1.54) is 37.3 Å². The van der Waals surface area contributed by atoms with E-state index in [0.29, 0.717) is 11.8 Å². The molecule has 2 aliphatic rings. The monoisotopic (exact) mass is 361 g/mol. The molecule has 2 aromatic rings. The number of rotatable bonds is 4. The number of nitrogens with zero attached hydrogens (tertiary/aromatic N) is 4. The summed E-state index contributed by atoms with van der Waals surface area (Å²) in [5.74, 6) is 3.50. The van der Waals surface area contributed by atoms with Gasteiger partial charge in [0.1, 0.15) is 11.6 Å². The smallest absolute Gasteiger partial charge is 0.147 e. The molecule has 5 nitrogen and oxygen atoms in total. The van der Waals surface area contributed by atoms with Crippen molar-refractivity contribution in [2.75, 3.05) is 26.2 Å². The fourth-order valence-corrected chi connectivity index (χ4v) is 4.06. The number of hydrogen-bond donors (Lipinski definition) is 1. The first kappa shape index (κ1) is 18.4. The second kappa shape index (κ2) is 8.30. The van der Waals surface area contributed by atoms with E-state index in [1.54, 1.807) is 0 Å². The summed E-state index contributed by atoms with van der Waals surface area (Å²) in [6, 6.07) is 10.9. The number of benzene rings is 1. The van der Waals surface area contributed by atoms with Crippen LogP contribution in [0.5, 0.6) is 0 Å². The number of aromatic nitrogens is 3. The van der Waals surface area contributed by atoms with Crippen LogP contribution in [0.25, 0.3) is 0 Å². The summed E-state index contributed by atoms with van der Waals surface area (Å²) < 4.78 is 2.35. The van der Waals surface area contributed by atoms with Gasteiger partial charge in [0.15, 0.2) is 0 Å². The Bertz CT molecular complexity index is 664. The summed E-state index contributed by atoms with van der Waals surface area (Å²) in [6.45, 7) is 8.74. The quantitative estimate of drug-likeness (QED) is 0.909. The second-order valence-corrected chi connectivity index (χ2v) is 7.19. The third kappa shape index (κ3) is 4.05. The Morgan fingerprint density at radius 2 is 1.88 bits per heavy atom. The summed E-state index contributed by atoms with van der Waals surface area (Å²) >= 11 is 0. The molecule has 3 heterocycles. The van der Waals surface area contributed by atoms with Crippen molar-refractivity contribution in [3.63, 3.8) is 0 Å². The Morgan fingerprint density at radius 3 is 2.64 bits per heavy atom. The normalized spacial score (nSPS) is 19.9.